The molecule has 6 nitrogen and oxygen atoms in total. The number of methoxy groups -OCH3 is 2. The molecule has 26 heavy (non-hydrogen) atoms. The summed E-state index contributed by atoms with van der Waals surface area (Å²) in [5, 5.41) is 2.88. The van der Waals surface area contributed by atoms with E-state index in [1.165, 1.54) is 0 Å². The van der Waals surface area contributed by atoms with Gasteiger partial charge in [0.2, 0.25) is 0 Å². The van der Waals surface area contributed by atoms with E-state index < -0.39 is 5.79 Å². The number of hydrogen-bond donors (Lipinski definition) is 1. The van der Waals surface area contributed by atoms with Crippen molar-refractivity contribution in [3.63, 3.8) is 0 Å². The highest BCUT2D eigenvalue weighted by atomic mass is 16.7. The molecule has 0 radical (unpaired) electrons. The van der Waals surface area contributed by atoms with Crippen LogP contribution in [0.25, 0.3) is 0 Å². The molecule has 1 amide bonds. The summed E-state index contributed by atoms with van der Waals surface area (Å²) in [6.07, 6.45) is 4.00. The summed E-state index contributed by atoms with van der Waals surface area (Å²) in [7, 11) is 3.10. The van der Waals surface area contributed by atoms with E-state index in [0.29, 0.717) is 28.5 Å². The molecule has 136 valence electrons. The van der Waals surface area contributed by atoms with E-state index in [9.17, 15) is 4.79 Å². The van der Waals surface area contributed by atoms with E-state index in [-0.39, 0.29) is 5.91 Å². The summed E-state index contributed by atoms with van der Waals surface area (Å²) in [5.41, 5.74) is 1.10. The topological polar surface area (TPSA) is 66.0 Å². The first-order chi connectivity index (χ1) is 12.6. The Morgan fingerprint density at radius 1 is 0.962 bits per heavy atom. The monoisotopic (exact) mass is 355 g/mol. The van der Waals surface area contributed by atoms with E-state index in [0.717, 1.165) is 31.4 Å². The lowest BCUT2D eigenvalue weighted by atomic mass is 10.1. The molecule has 0 atom stereocenters. The maximum absolute atomic E-state index is 12.6. The van der Waals surface area contributed by atoms with E-state index in [1.54, 1.807) is 38.5 Å². The molecule has 2 aromatic rings. The predicted octanol–water partition coefficient (Wildman–Crippen LogP) is 4.00. The van der Waals surface area contributed by atoms with E-state index >= 15 is 0 Å². The molecule has 1 aliphatic carbocycles. The van der Waals surface area contributed by atoms with Gasteiger partial charge in [-0.2, -0.15) is 0 Å². The Morgan fingerprint density at radius 2 is 1.62 bits per heavy atom. The van der Waals surface area contributed by atoms with E-state index in [2.05, 4.69) is 5.32 Å². The first-order valence-electron chi connectivity index (χ1n) is 8.67. The largest absolute Gasteiger partial charge is 0.497 e. The van der Waals surface area contributed by atoms with Gasteiger partial charge in [-0.25, -0.2) is 0 Å². The van der Waals surface area contributed by atoms with Gasteiger partial charge in [-0.05, 0) is 37.1 Å². The van der Waals surface area contributed by atoms with Gasteiger partial charge in [-0.15, -0.1) is 0 Å². The van der Waals surface area contributed by atoms with Crippen LogP contribution in [0.15, 0.2) is 36.4 Å². The fraction of sp³-hybridized carbons (Fsp3) is 0.350. The molecular formula is C20H21NO5. The standard InChI is InChI=1S/C20H21NO5/c1-23-15-9-13(10-16(12-15)24-2)19(22)21-14-5-6-17-18(11-14)26-20(25-17)7-3-4-8-20/h5-6,9-12H,3-4,7-8H2,1-2H3,(H,21,22). The molecule has 1 spiro atoms. The van der Waals surface area contributed by atoms with Crippen LogP contribution in [0.1, 0.15) is 36.0 Å². The second kappa shape index (κ2) is 6.44. The van der Waals surface area contributed by atoms with Gasteiger partial charge in [0, 0.05) is 36.2 Å². The Balaban J connectivity index is 1.53. The molecule has 1 fully saturated rings. The van der Waals surface area contributed by atoms with Gasteiger partial charge in [0.05, 0.1) is 14.2 Å². The summed E-state index contributed by atoms with van der Waals surface area (Å²) >= 11 is 0. The number of rotatable bonds is 4. The van der Waals surface area contributed by atoms with Gasteiger partial charge in [0.1, 0.15) is 11.5 Å². The average Bonchev–Trinajstić information content (AvgIpc) is 3.26. The summed E-state index contributed by atoms with van der Waals surface area (Å²) in [4.78, 5) is 12.6. The zero-order valence-corrected chi connectivity index (χ0v) is 14.8. The number of carbonyl (C=O) groups excluding carboxylic acids is 1. The average molecular weight is 355 g/mol. The molecular weight excluding hydrogens is 334 g/mol. The number of ether oxygens (including phenoxy) is 4. The smallest absolute Gasteiger partial charge is 0.255 e. The minimum Gasteiger partial charge on any atom is -0.497 e. The van der Waals surface area contributed by atoms with Crippen molar-refractivity contribution in [1.29, 1.82) is 0 Å². The van der Waals surface area contributed by atoms with Crippen molar-refractivity contribution < 1.29 is 23.7 Å². The second-order valence-corrected chi connectivity index (χ2v) is 6.54. The van der Waals surface area contributed by atoms with Crippen molar-refractivity contribution in [3.05, 3.63) is 42.0 Å². The van der Waals surface area contributed by atoms with Crippen molar-refractivity contribution in [1.82, 2.24) is 0 Å². The van der Waals surface area contributed by atoms with Crippen LogP contribution < -0.4 is 24.3 Å². The first kappa shape index (κ1) is 16.6. The highest BCUT2D eigenvalue weighted by Crippen LogP contribution is 2.47. The summed E-state index contributed by atoms with van der Waals surface area (Å²) in [6.45, 7) is 0. The minimum atomic E-state index is -0.509. The third-order valence-electron chi connectivity index (χ3n) is 4.77. The Labute approximate surface area is 152 Å². The quantitative estimate of drug-likeness (QED) is 0.898. The lowest BCUT2D eigenvalue weighted by Crippen LogP contribution is -2.34. The Kier molecular flexibility index (Phi) is 4.11. The van der Waals surface area contributed by atoms with Gasteiger partial charge in [0.25, 0.3) is 11.7 Å². The number of hydrogen-bond acceptors (Lipinski definition) is 5. The molecule has 0 aromatic heterocycles. The molecule has 1 N–H and O–H groups in total. The maximum Gasteiger partial charge on any atom is 0.255 e. The molecule has 6 heteroatoms. The van der Waals surface area contributed by atoms with Crippen LogP contribution in [0.2, 0.25) is 0 Å². The van der Waals surface area contributed by atoms with Crippen molar-refractivity contribution in [2.45, 2.75) is 31.5 Å². The van der Waals surface area contributed by atoms with Crippen molar-refractivity contribution in [2.24, 2.45) is 0 Å². The molecule has 0 saturated heterocycles. The Morgan fingerprint density at radius 3 is 2.27 bits per heavy atom. The summed E-state index contributed by atoms with van der Waals surface area (Å²) < 4.78 is 22.5. The van der Waals surface area contributed by atoms with Crippen molar-refractivity contribution in [3.8, 4) is 23.0 Å². The molecule has 4 rings (SSSR count). The fourth-order valence-corrected chi connectivity index (χ4v) is 3.43. The third-order valence-corrected chi connectivity index (χ3v) is 4.77. The predicted molar refractivity (Wildman–Crippen MR) is 96.4 cm³/mol. The molecule has 1 saturated carbocycles. The third kappa shape index (κ3) is 3.03. The van der Waals surface area contributed by atoms with Gasteiger partial charge in [-0.3, -0.25) is 4.79 Å². The molecule has 0 unspecified atom stereocenters. The summed E-state index contributed by atoms with van der Waals surface area (Å²) in [6, 6.07) is 10.5. The van der Waals surface area contributed by atoms with Crippen LogP contribution in [0.5, 0.6) is 23.0 Å². The molecule has 0 bridgehead atoms. The Hall–Kier alpha value is -2.89. The van der Waals surface area contributed by atoms with Crippen LogP contribution in [0.4, 0.5) is 5.69 Å². The lowest BCUT2D eigenvalue weighted by molar-refractivity contribution is -0.0716. The number of benzene rings is 2. The first-order valence-corrected chi connectivity index (χ1v) is 8.67. The minimum absolute atomic E-state index is 0.253. The maximum atomic E-state index is 12.6. The zero-order chi connectivity index (χ0) is 18.1. The van der Waals surface area contributed by atoms with Crippen LogP contribution in [-0.4, -0.2) is 25.9 Å². The zero-order valence-electron chi connectivity index (χ0n) is 14.8. The number of amides is 1. The second-order valence-electron chi connectivity index (χ2n) is 6.54. The van der Waals surface area contributed by atoms with Gasteiger partial charge in [0.15, 0.2) is 11.5 Å². The number of carbonyl (C=O) groups is 1. The van der Waals surface area contributed by atoms with Crippen molar-refractivity contribution in [2.75, 3.05) is 19.5 Å². The lowest BCUT2D eigenvalue weighted by Gasteiger charge is -2.21. The van der Waals surface area contributed by atoms with E-state index in [4.69, 9.17) is 18.9 Å². The van der Waals surface area contributed by atoms with Gasteiger partial charge >= 0.3 is 0 Å². The molecule has 1 heterocycles. The van der Waals surface area contributed by atoms with Crippen LogP contribution >= 0.6 is 0 Å². The summed E-state index contributed by atoms with van der Waals surface area (Å²) in [5.74, 6) is 1.76. The van der Waals surface area contributed by atoms with Gasteiger partial charge < -0.3 is 24.3 Å². The van der Waals surface area contributed by atoms with Gasteiger partial charge in [-0.1, -0.05) is 0 Å². The number of nitrogens with one attached hydrogen (secondary N) is 1. The number of fused-ring (bicyclic) bond motifs is 1. The van der Waals surface area contributed by atoms with Crippen molar-refractivity contribution >= 4 is 11.6 Å². The molecule has 1 aliphatic heterocycles. The Bertz CT molecular complexity index is 820. The normalized spacial score (nSPS) is 16.5. The fourth-order valence-electron chi connectivity index (χ4n) is 3.43. The van der Waals surface area contributed by atoms with Crippen LogP contribution in [-0.2, 0) is 0 Å². The highest BCUT2D eigenvalue weighted by Gasteiger charge is 2.44. The SMILES string of the molecule is COc1cc(OC)cc(C(=O)Nc2ccc3c(c2)OC2(CCCC2)O3)c1. The highest BCUT2D eigenvalue weighted by molar-refractivity contribution is 6.05. The molecule has 2 aromatic carbocycles. The molecule has 2 aliphatic rings. The van der Waals surface area contributed by atoms with Crippen LogP contribution in [0, 0.1) is 0 Å². The number of anilines is 1. The van der Waals surface area contributed by atoms with Crippen LogP contribution in [0.3, 0.4) is 0 Å². The van der Waals surface area contributed by atoms with E-state index in [1.807, 2.05) is 12.1 Å².